The smallest absolute Gasteiger partial charge is 0.309 e. The van der Waals surface area contributed by atoms with Crippen LogP contribution in [-0.2, 0) is 4.79 Å². The first kappa shape index (κ1) is 16.6. The quantitative estimate of drug-likeness (QED) is 0.644. The molecule has 4 aliphatic rings. The molecular formula is C20H30O4. The fraction of sp³-hybridized carbons (Fsp3) is 0.850. The Balaban J connectivity index is 1.82. The van der Waals surface area contributed by atoms with Crippen LogP contribution in [0, 0.1) is 34.0 Å². The van der Waals surface area contributed by atoms with Gasteiger partial charge in [0.15, 0.2) is 0 Å². The van der Waals surface area contributed by atoms with E-state index in [-0.39, 0.29) is 28.6 Å². The Hall–Kier alpha value is -0.870. The van der Waals surface area contributed by atoms with E-state index >= 15 is 0 Å². The summed E-state index contributed by atoms with van der Waals surface area (Å²) in [7, 11) is 0. The molecule has 4 saturated carbocycles. The van der Waals surface area contributed by atoms with Crippen molar-refractivity contribution in [1.82, 2.24) is 0 Å². The Labute approximate surface area is 144 Å². The van der Waals surface area contributed by atoms with Crippen LogP contribution in [0.1, 0.15) is 58.8 Å². The van der Waals surface area contributed by atoms with E-state index in [1.54, 1.807) is 0 Å². The Morgan fingerprint density at radius 3 is 2.58 bits per heavy atom. The first-order valence-electron chi connectivity index (χ1n) is 9.45. The van der Waals surface area contributed by atoms with E-state index in [4.69, 9.17) is 0 Å². The lowest BCUT2D eigenvalue weighted by molar-refractivity contribution is -0.212. The molecule has 4 aliphatic carbocycles. The van der Waals surface area contributed by atoms with Gasteiger partial charge >= 0.3 is 5.97 Å². The maximum atomic E-state index is 12.1. The number of aliphatic hydroxyl groups excluding tert-OH is 2. The molecule has 1 spiro atoms. The Morgan fingerprint density at radius 2 is 1.92 bits per heavy atom. The molecule has 0 radical (unpaired) electrons. The van der Waals surface area contributed by atoms with Gasteiger partial charge in [-0.15, -0.1) is 0 Å². The summed E-state index contributed by atoms with van der Waals surface area (Å²) >= 11 is 0. The number of carboxylic acid groups (broad SMARTS) is 1. The van der Waals surface area contributed by atoms with Crippen molar-refractivity contribution in [3.63, 3.8) is 0 Å². The summed E-state index contributed by atoms with van der Waals surface area (Å²) in [5.74, 6) is -0.429. The van der Waals surface area contributed by atoms with E-state index in [1.165, 1.54) is 0 Å². The molecule has 4 nitrogen and oxygen atoms in total. The van der Waals surface area contributed by atoms with Gasteiger partial charge in [0.1, 0.15) is 0 Å². The average molecular weight is 334 g/mol. The molecule has 0 aliphatic heterocycles. The maximum Gasteiger partial charge on any atom is 0.309 e. The summed E-state index contributed by atoms with van der Waals surface area (Å²) in [5.41, 5.74) is -0.331. The predicted molar refractivity (Wildman–Crippen MR) is 90.2 cm³/mol. The van der Waals surface area contributed by atoms with Gasteiger partial charge in [-0.05, 0) is 74.2 Å². The number of fused-ring (bicyclic) bond motifs is 3. The highest BCUT2D eigenvalue weighted by Crippen LogP contribution is 2.72. The second-order valence-electron chi connectivity index (χ2n) is 9.57. The van der Waals surface area contributed by atoms with Crippen LogP contribution in [-0.4, -0.2) is 33.5 Å². The van der Waals surface area contributed by atoms with Crippen LogP contribution in [0.3, 0.4) is 0 Å². The fourth-order valence-corrected chi connectivity index (χ4v) is 7.73. The highest BCUT2D eigenvalue weighted by Gasteiger charge is 2.69. The molecule has 3 N–H and O–H groups in total. The molecular weight excluding hydrogens is 304 g/mol. The third kappa shape index (κ3) is 1.74. The average Bonchev–Trinajstić information content (AvgIpc) is 2.68. The summed E-state index contributed by atoms with van der Waals surface area (Å²) in [6, 6.07) is 0. The first-order valence-corrected chi connectivity index (χ1v) is 9.45. The molecule has 0 aromatic heterocycles. The summed E-state index contributed by atoms with van der Waals surface area (Å²) in [5, 5.41) is 31.9. The summed E-state index contributed by atoms with van der Waals surface area (Å²) < 4.78 is 0. The summed E-state index contributed by atoms with van der Waals surface area (Å²) in [6.45, 7) is 8.22. The van der Waals surface area contributed by atoms with Crippen molar-refractivity contribution >= 4 is 5.97 Å². The SMILES string of the molecule is C=C1[C@@H]2C[C@@H](O)[C@H]3[C@]4(C)CCC[C@@](C)(C(=O)O)[C@H]4CC[C@]3(C2)[C@H]1O. The Bertz CT molecular complexity index is 600. The van der Waals surface area contributed by atoms with Gasteiger partial charge in [0.25, 0.3) is 0 Å². The van der Waals surface area contributed by atoms with Gasteiger partial charge in [-0.3, -0.25) is 4.79 Å². The molecule has 4 fully saturated rings. The molecule has 24 heavy (non-hydrogen) atoms. The Morgan fingerprint density at radius 1 is 1.21 bits per heavy atom. The van der Waals surface area contributed by atoms with E-state index in [1.807, 2.05) is 6.92 Å². The number of carbonyl (C=O) groups is 1. The summed E-state index contributed by atoms with van der Waals surface area (Å²) in [4.78, 5) is 12.1. The lowest BCUT2D eigenvalue weighted by Crippen LogP contribution is -2.63. The highest BCUT2D eigenvalue weighted by atomic mass is 16.4. The van der Waals surface area contributed by atoms with Crippen molar-refractivity contribution in [2.45, 2.75) is 71.0 Å². The zero-order chi connectivity index (χ0) is 17.5. The fourth-order valence-electron chi connectivity index (χ4n) is 7.73. The van der Waals surface area contributed by atoms with E-state index < -0.39 is 23.6 Å². The van der Waals surface area contributed by atoms with Crippen LogP contribution >= 0.6 is 0 Å². The number of aliphatic carboxylic acids is 1. The minimum Gasteiger partial charge on any atom is -0.481 e. The molecule has 0 saturated heterocycles. The molecule has 0 heterocycles. The number of carboxylic acids is 1. The normalized spacial score (nSPS) is 56.5. The van der Waals surface area contributed by atoms with E-state index in [0.29, 0.717) is 6.42 Å². The van der Waals surface area contributed by atoms with E-state index in [2.05, 4.69) is 13.5 Å². The molecule has 134 valence electrons. The zero-order valence-corrected chi connectivity index (χ0v) is 14.8. The van der Waals surface area contributed by atoms with Gasteiger partial charge in [-0.25, -0.2) is 0 Å². The monoisotopic (exact) mass is 334 g/mol. The summed E-state index contributed by atoms with van der Waals surface area (Å²) in [6.07, 6.45) is 4.80. The van der Waals surface area contributed by atoms with Crippen LogP contribution in [0.25, 0.3) is 0 Å². The topological polar surface area (TPSA) is 77.8 Å². The van der Waals surface area contributed by atoms with Crippen LogP contribution < -0.4 is 0 Å². The second kappa shape index (κ2) is 4.85. The van der Waals surface area contributed by atoms with Gasteiger partial charge in [0, 0.05) is 5.41 Å². The van der Waals surface area contributed by atoms with Crippen LogP contribution in [0.15, 0.2) is 12.2 Å². The van der Waals surface area contributed by atoms with E-state index in [9.17, 15) is 20.1 Å². The van der Waals surface area contributed by atoms with Crippen LogP contribution in [0.5, 0.6) is 0 Å². The molecule has 8 atom stereocenters. The van der Waals surface area contributed by atoms with Crippen LogP contribution in [0.2, 0.25) is 0 Å². The lowest BCUT2D eigenvalue weighted by Gasteiger charge is -2.64. The van der Waals surface area contributed by atoms with Crippen LogP contribution in [0.4, 0.5) is 0 Å². The van der Waals surface area contributed by atoms with Crippen molar-refractivity contribution < 1.29 is 20.1 Å². The van der Waals surface area contributed by atoms with Gasteiger partial charge in [0.05, 0.1) is 17.6 Å². The molecule has 0 aromatic carbocycles. The zero-order valence-electron chi connectivity index (χ0n) is 14.8. The number of aliphatic hydroxyl groups is 2. The number of hydrogen-bond donors (Lipinski definition) is 3. The molecule has 0 unspecified atom stereocenters. The molecule has 0 amide bonds. The van der Waals surface area contributed by atoms with Gasteiger partial charge in [-0.1, -0.05) is 19.9 Å². The van der Waals surface area contributed by atoms with E-state index in [0.717, 1.165) is 44.1 Å². The predicted octanol–water partition coefficient (Wildman–Crippen LogP) is 2.98. The molecule has 4 heteroatoms. The van der Waals surface area contributed by atoms with Gasteiger partial charge in [-0.2, -0.15) is 0 Å². The Kier molecular flexibility index (Phi) is 3.35. The van der Waals surface area contributed by atoms with Crippen molar-refractivity contribution in [2.24, 2.45) is 34.0 Å². The first-order chi connectivity index (χ1) is 11.2. The lowest BCUT2D eigenvalue weighted by atomic mass is 9.40. The minimum atomic E-state index is -0.717. The highest BCUT2D eigenvalue weighted by molar-refractivity contribution is 5.75. The largest absolute Gasteiger partial charge is 0.481 e. The number of rotatable bonds is 1. The van der Waals surface area contributed by atoms with Crippen molar-refractivity contribution in [3.8, 4) is 0 Å². The standard InChI is InChI=1S/C20H30O4/c1-11-12-9-13(21)15-18(2)6-4-7-19(3,17(23)24)14(18)5-8-20(15,10-12)16(11)22/h12-16,21-22H,1,4-10H2,2-3H3,(H,23,24)/t12-,13-,14+,15+,16+,18-,19-,20-/m1/s1. The number of hydrogen-bond acceptors (Lipinski definition) is 3. The van der Waals surface area contributed by atoms with Crippen molar-refractivity contribution in [3.05, 3.63) is 12.2 Å². The third-order valence-corrected chi connectivity index (χ3v) is 8.65. The third-order valence-electron chi connectivity index (χ3n) is 8.65. The molecule has 0 aromatic rings. The van der Waals surface area contributed by atoms with Gasteiger partial charge < -0.3 is 15.3 Å². The van der Waals surface area contributed by atoms with Gasteiger partial charge in [0.2, 0.25) is 0 Å². The van der Waals surface area contributed by atoms with Crippen molar-refractivity contribution in [2.75, 3.05) is 0 Å². The van der Waals surface area contributed by atoms with Crippen molar-refractivity contribution in [1.29, 1.82) is 0 Å². The maximum absolute atomic E-state index is 12.1. The molecule has 4 rings (SSSR count). The second-order valence-corrected chi connectivity index (χ2v) is 9.57. The molecule has 2 bridgehead atoms. The minimum absolute atomic E-state index is 0.0202.